The van der Waals surface area contributed by atoms with Crippen LogP contribution in [0.4, 0.5) is 10.2 Å². The predicted octanol–water partition coefficient (Wildman–Crippen LogP) is 4.85. The lowest BCUT2D eigenvalue weighted by atomic mass is 10.1. The van der Waals surface area contributed by atoms with Crippen LogP contribution >= 0.6 is 11.6 Å². The number of anilines is 1. The summed E-state index contributed by atoms with van der Waals surface area (Å²) in [6.07, 6.45) is 8.41. The van der Waals surface area contributed by atoms with E-state index in [1.807, 2.05) is 36.9 Å². The van der Waals surface area contributed by atoms with Crippen LogP contribution in [0.1, 0.15) is 25.1 Å². The second kappa shape index (κ2) is 11.7. The molecule has 5 heterocycles. The molecule has 0 bridgehead atoms. The van der Waals surface area contributed by atoms with Gasteiger partial charge in [0.05, 0.1) is 41.7 Å². The summed E-state index contributed by atoms with van der Waals surface area (Å²) in [5, 5.41) is 13.9. The van der Waals surface area contributed by atoms with Crippen molar-refractivity contribution < 1.29 is 13.9 Å². The van der Waals surface area contributed by atoms with E-state index in [1.54, 1.807) is 35.3 Å². The summed E-state index contributed by atoms with van der Waals surface area (Å²) >= 11 is 5.81. The molecule has 1 aliphatic rings. The SMILES string of the molecule is CCOc1cc(-c2ccc(N3CCN(C(=O)C(C)/C=C/c4cc(F)cc(Cl)n4)CC3)nc2)c2c(C#N)cnn2c1. The second-order valence-corrected chi connectivity index (χ2v) is 9.77. The molecule has 0 N–H and O–H groups in total. The molecule has 204 valence electrons. The molecule has 40 heavy (non-hydrogen) atoms. The van der Waals surface area contributed by atoms with Crippen molar-refractivity contribution in [2.24, 2.45) is 5.92 Å². The van der Waals surface area contributed by atoms with Crippen LogP contribution < -0.4 is 9.64 Å². The summed E-state index contributed by atoms with van der Waals surface area (Å²) in [5.41, 5.74) is 3.20. The number of carbonyl (C=O) groups excluding carboxylic acids is 1. The van der Waals surface area contributed by atoms with Gasteiger partial charge in [0, 0.05) is 49.6 Å². The first-order chi connectivity index (χ1) is 19.4. The molecule has 0 radical (unpaired) electrons. The highest BCUT2D eigenvalue weighted by atomic mass is 35.5. The van der Waals surface area contributed by atoms with Crippen molar-refractivity contribution in [3.63, 3.8) is 0 Å². The average Bonchev–Trinajstić information content (AvgIpc) is 3.38. The minimum absolute atomic E-state index is 0.00555. The van der Waals surface area contributed by atoms with Gasteiger partial charge in [0.15, 0.2) is 0 Å². The lowest BCUT2D eigenvalue weighted by Gasteiger charge is -2.36. The van der Waals surface area contributed by atoms with E-state index in [1.165, 1.54) is 6.07 Å². The molecule has 0 aromatic carbocycles. The Hall–Kier alpha value is -4.49. The highest BCUT2D eigenvalue weighted by molar-refractivity contribution is 6.29. The van der Waals surface area contributed by atoms with Gasteiger partial charge in [-0.2, -0.15) is 10.4 Å². The van der Waals surface area contributed by atoms with Crippen molar-refractivity contribution in [3.05, 3.63) is 77.2 Å². The third-order valence-electron chi connectivity index (χ3n) is 6.72. The number of ether oxygens (including phenoxy) is 1. The van der Waals surface area contributed by atoms with Crippen LogP contribution in [0.2, 0.25) is 5.15 Å². The molecule has 5 rings (SSSR count). The number of pyridine rings is 3. The Balaban J connectivity index is 1.25. The molecule has 0 saturated carbocycles. The van der Waals surface area contributed by atoms with Crippen LogP contribution in [0.5, 0.6) is 5.75 Å². The maximum Gasteiger partial charge on any atom is 0.229 e. The topological polar surface area (TPSA) is 99.6 Å². The molecule has 1 unspecified atom stereocenters. The highest BCUT2D eigenvalue weighted by Gasteiger charge is 2.24. The van der Waals surface area contributed by atoms with Crippen molar-refractivity contribution in [1.29, 1.82) is 5.26 Å². The van der Waals surface area contributed by atoms with E-state index in [0.717, 1.165) is 23.0 Å². The quantitative estimate of drug-likeness (QED) is 0.298. The third-order valence-corrected chi connectivity index (χ3v) is 6.91. The molecule has 4 aromatic heterocycles. The van der Waals surface area contributed by atoms with Gasteiger partial charge in [-0.25, -0.2) is 18.9 Å². The Labute approximate surface area is 236 Å². The molecule has 0 spiro atoms. The van der Waals surface area contributed by atoms with Gasteiger partial charge in [-0.05, 0) is 37.3 Å². The fraction of sp³-hybridized carbons (Fsp3) is 0.276. The largest absolute Gasteiger partial charge is 0.492 e. The number of piperazine rings is 1. The molecular formula is C29H27ClFN7O2. The van der Waals surface area contributed by atoms with Crippen LogP contribution in [0, 0.1) is 23.1 Å². The smallest absolute Gasteiger partial charge is 0.229 e. The first-order valence-corrected chi connectivity index (χ1v) is 13.3. The number of hydrogen-bond donors (Lipinski definition) is 0. The van der Waals surface area contributed by atoms with E-state index >= 15 is 0 Å². The normalized spacial score (nSPS) is 14.5. The zero-order valence-corrected chi connectivity index (χ0v) is 22.8. The van der Waals surface area contributed by atoms with Crippen molar-refractivity contribution in [1.82, 2.24) is 24.5 Å². The molecule has 4 aromatic rings. The average molecular weight is 560 g/mol. The van der Waals surface area contributed by atoms with Gasteiger partial charge < -0.3 is 14.5 Å². The summed E-state index contributed by atoms with van der Waals surface area (Å²) in [4.78, 5) is 25.7. The van der Waals surface area contributed by atoms with Crippen molar-refractivity contribution in [2.75, 3.05) is 37.7 Å². The maximum absolute atomic E-state index is 13.5. The van der Waals surface area contributed by atoms with Gasteiger partial charge in [0.2, 0.25) is 5.91 Å². The Morgan fingerprint density at radius 3 is 2.70 bits per heavy atom. The summed E-state index contributed by atoms with van der Waals surface area (Å²) in [5.74, 6) is 0.594. The molecular weight excluding hydrogens is 533 g/mol. The van der Waals surface area contributed by atoms with Crippen molar-refractivity contribution >= 4 is 34.9 Å². The van der Waals surface area contributed by atoms with Crippen LogP contribution in [-0.2, 0) is 4.79 Å². The lowest BCUT2D eigenvalue weighted by Crippen LogP contribution is -2.50. The molecule has 1 fully saturated rings. The fourth-order valence-electron chi connectivity index (χ4n) is 4.72. The fourth-order valence-corrected chi connectivity index (χ4v) is 4.92. The zero-order valence-electron chi connectivity index (χ0n) is 22.1. The minimum atomic E-state index is -0.475. The first kappa shape index (κ1) is 27.1. The Bertz CT molecular complexity index is 1590. The summed E-state index contributed by atoms with van der Waals surface area (Å²) in [6, 6.07) is 10.4. The van der Waals surface area contributed by atoms with E-state index < -0.39 is 5.82 Å². The van der Waals surface area contributed by atoms with Crippen LogP contribution in [0.25, 0.3) is 22.7 Å². The number of halogens is 2. The molecule has 1 amide bonds. The zero-order chi connectivity index (χ0) is 28.2. The van der Waals surface area contributed by atoms with Gasteiger partial charge in [-0.3, -0.25) is 4.79 Å². The van der Waals surface area contributed by atoms with E-state index in [4.69, 9.17) is 21.3 Å². The second-order valence-electron chi connectivity index (χ2n) is 9.38. The maximum atomic E-state index is 13.5. The van der Waals surface area contributed by atoms with Gasteiger partial charge in [-0.1, -0.05) is 24.6 Å². The number of aromatic nitrogens is 4. The minimum Gasteiger partial charge on any atom is -0.492 e. The van der Waals surface area contributed by atoms with E-state index in [2.05, 4.69) is 21.1 Å². The van der Waals surface area contributed by atoms with E-state index in [9.17, 15) is 14.4 Å². The number of nitrogens with zero attached hydrogens (tertiary/aromatic N) is 7. The number of nitriles is 1. The summed E-state index contributed by atoms with van der Waals surface area (Å²) in [7, 11) is 0. The summed E-state index contributed by atoms with van der Waals surface area (Å²) in [6.45, 7) is 6.63. The molecule has 1 atom stereocenters. The predicted molar refractivity (Wildman–Crippen MR) is 151 cm³/mol. The monoisotopic (exact) mass is 559 g/mol. The molecule has 11 heteroatoms. The van der Waals surface area contributed by atoms with Crippen molar-refractivity contribution in [3.8, 4) is 22.9 Å². The van der Waals surface area contributed by atoms with Crippen molar-refractivity contribution in [2.45, 2.75) is 13.8 Å². The number of rotatable bonds is 7. The van der Waals surface area contributed by atoms with E-state index in [-0.39, 0.29) is 17.0 Å². The van der Waals surface area contributed by atoms with Crippen LogP contribution in [0.3, 0.4) is 0 Å². The Morgan fingerprint density at radius 2 is 2.02 bits per heavy atom. The first-order valence-electron chi connectivity index (χ1n) is 12.9. The molecule has 1 aliphatic heterocycles. The Morgan fingerprint density at radius 1 is 1.23 bits per heavy atom. The number of carbonyl (C=O) groups is 1. The number of amides is 1. The lowest BCUT2D eigenvalue weighted by molar-refractivity contribution is -0.133. The van der Waals surface area contributed by atoms with Gasteiger partial charge in [-0.15, -0.1) is 0 Å². The standard InChI is InChI=1S/C29H27ClFN7O2/c1-3-40-24-14-25(28-21(15-32)17-34-38(28)18-24)20-5-7-27(33-16-20)36-8-10-37(11-9-36)29(39)19(2)4-6-23-12-22(31)13-26(30)35-23/h4-7,12-14,16-19H,3,8-11H2,1-2H3/b6-4+. The molecule has 1 saturated heterocycles. The number of hydrogen-bond acceptors (Lipinski definition) is 7. The van der Waals surface area contributed by atoms with Crippen LogP contribution in [-0.4, -0.2) is 63.2 Å². The Kier molecular flexibility index (Phi) is 7.94. The molecule has 9 nitrogen and oxygen atoms in total. The number of fused-ring (bicyclic) bond motifs is 1. The summed E-state index contributed by atoms with van der Waals surface area (Å²) < 4.78 is 20.9. The third kappa shape index (κ3) is 5.75. The van der Waals surface area contributed by atoms with E-state index in [0.29, 0.717) is 55.3 Å². The van der Waals surface area contributed by atoms with Gasteiger partial charge >= 0.3 is 0 Å². The molecule has 0 aliphatic carbocycles. The van der Waals surface area contributed by atoms with Crippen LogP contribution in [0.15, 0.2) is 55.0 Å². The van der Waals surface area contributed by atoms with Gasteiger partial charge in [0.25, 0.3) is 0 Å². The highest BCUT2D eigenvalue weighted by Crippen LogP contribution is 2.31. The van der Waals surface area contributed by atoms with Gasteiger partial charge in [0.1, 0.15) is 28.6 Å².